The molecule has 1 saturated heterocycles. The largest absolute Gasteiger partial charge is 0.326 e. The predicted molar refractivity (Wildman–Crippen MR) is 112 cm³/mol. The highest BCUT2D eigenvalue weighted by Crippen LogP contribution is 2.22. The lowest BCUT2D eigenvalue weighted by Crippen LogP contribution is -2.31. The molecule has 1 N–H and O–H groups in total. The van der Waals surface area contributed by atoms with Gasteiger partial charge in [0.25, 0.3) is 0 Å². The Kier molecular flexibility index (Phi) is 6.86. The molecule has 0 unspecified atom stereocenters. The number of nitrogens with zero attached hydrogens (tertiary/aromatic N) is 1. The van der Waals surface area contributed by atoms with Crippen LogP contribution < -0.4 is 5.32 Å². The van der Waals surface area contributed by atoms with Gasteiger partial charge in [-0.25, -0.2) is 8.42 Å². The molecule has 0 atom stereocenters. The van der Waals surface area contributed by atoms with E-state index in [-0.39, 0.29) is 10.8 Å². The summed E-state index contributed by atoms with van der Waals surface area (Å²) in [5.74, 6) is -0.0799. The van der Waals surface area contributed by atoms with Crippen molar-refractivity contribution in [3.05, 3.63) is 59.7 Å². The van der Waals surface area contributed by atoms with Crippen LogP contribution in [0.2, 0.25) is 0 Å². The van der Waals surface area contributed by atoms with Crippen molar-refractivity contribution in [3.63, 3.8) is 0 Å². The minimum absolute atomic E-state index is 0.0799. The number of carbonyl (C=O) groups is 1. The summed E-state index contributed by atoms with van der Waals surface area (Å²) in [5, 5.41) is 2.84. The number of rotatable bonds is 6. The van der Waals surface area contributed by atoms with E-state index in [0.717, 1.165) is 31.2 Å². The number of hydrogen-bond acceptors (Lipinski definition) is 3. The molecule has 0 aromatic heterocycles. The van der Waals surface area contributed by atoms with Gasteiger partial charge in [-0.05, 0) is 56.0 Å². The van der Waals surface area contributed by atoms with Crippen molar-refractivity contribution in [1.82, 2.24) is 4.31 Å². The predicted octanol–water partition coefficient (Wildman–Crippen LogP) is 4.13. The summed E-state index contributed by atoms with van der Waals surface area (Å²) in [6.07, 6.45) is 5.05. The van der Waals surface area contributed by atoms with Gasteiger partial charge >= 0.3 is 0 Å². The molecule has 0 spiro atoms. The first kappa shape index (κ1) is 20.6. The molecular weight excluding hydrogens is 372 g/mol. The Morgan fingerprint density at radius 2 is 1.54 bits per heavy atom. The van der Waals surface area contributed by atoms with Crippen LogP contribution in [0, 0.1) is 6.92 Å². The minimum Gasteiger partial charge on any atom is -0.326 e. The van der Waals surface area contributed by atoms with Crippen LogP contribution in [0.1, 0.15) is 43.2 Å². The summed E-state index contributed by atoms with van der Waals surface area (Å²) in [5.41, 5.74) is 2.94. The number of hydrogen-bond donors (Lipinski definition) is 1. The highest BCUT2D eigenvalue weighted by molar-refractivity contribution is 7.89. The fourth-order valence-corrected chi connectivity index (χ4v) is 4.89. The monoisotopic (exact) mass is 400 g/mol. The summed E-state index contributed by atoms with van der Waals surface area (Å²) < 4.78 is 27.2. The van der Waals surface area contributed by atoms with Gasteiger partial charge in [0.05, 0.1) is 4.90 Å². The highest BCUT2D eigenvalue weighted by atomic mass is 32.2. The van der Waals surface area contributed by atoms with Crippen molar-refractivity contribution in [2.45, 2.75) is 50.3 Å². The van der Waals surface area contributed by atoms with Gasteiger partial charge in [0.2, 0.25) is 15.9 Å². The molecule has 150 valence electrons. The van der Waals surface area contributed by atoms with Gasteiger partial charge in [0.15, 0.2) is 0 Å². The number of amides is 1. The maximum Gasteiger partial charge on any atom is 0.243 e. The quantitative estimate of drug-likeness (QED) is 0.793. The van der Waals surface area contributed by atoms with Gasteiger partial charge < -0.3 is 5.32 Å². The van der Waals surface area contributed by atoms with Crippen molar-refractivity contribution in [2.24, 2.45) is 0 Å². The van der Waals surface area contributed by atoms with Gasteiger partial charge in [-0.2, -0.15) is 4.31 Å². The zero-order valence-electron chi connectivity index (χ0n) is 16.4. The second-order valence-electron chi connectivity index (χ2n) is 7.38. The number of nitrogens with one attached hydrogen (secondary N) is 1. The average molecular weight is 401 g/mol. The Morgan fingerprint density at radius 3 is 2.14 bits per heavy atom. The molecule has 2 aromatic carbocycles. The first-order chi connectivity index (χ1) is 13.4. The molecule has 0 aliphatic carbocycles. The maximum atomic E-state index is 12.8. The molecule has 5 nitrogen and oxygen atoms in total. The second kappa shape index (κ2) is 9.34. The number of aryl methyl sites for hydroxylation is 2. The van der Waals surface area contributed by atoms with Crippen LogP contribution in [0.25, 0.3) is 0 Å². The zero-order chi connectivity index (χ0) is 20.0. The Bertz CT molecular complexity index is 882. The fourth-order valence-electron chi connectivity index (χ4n) is 3.38. The lowest BCUT2D eigenvalue weighted by molar-refractivity contribution is -0.116. The van der Waals surface area contributed by atoms with E-state index in [4.69, 9.17) is 0 Å². The van der Waals surface area contributed by atoms with E-state index in [1.807, 2.05) is 31.2 Å². The Hall–Kier alpha value is -2.18. The van der Waals surface area contributed by atoms with Gasteiger partial charge in [0, 0.05) is 25.2 Å². The summed E-state index contributed by atoms with van der Waals surface area (Å²) >= 11 is 0. The molecule has 1 aliphatic rings. The molecule has 28 heavy (non-hydrogen) atoms. The smallest absolute Gasteiger partial charge is 0.243 e. The number of anilines is 1. The van der Waals surface area contributed by atoms with Gasteiger partial charge in [-0.15, -0.1) is 0 Å². The Balaban J connectivity index is 1.57. The molecule has 1 heterocycles. The van der Waals surface area contributed by atoms with Crippen molar-refractivity contribution in [3.8, 4) is 0 Å². The lowest BCUT2D eigenvalue weighted by atomic mass is 10.1. The second-order valence-corrected chi connectivity index (χ2v) is 9.31. The van der Waals surface area contributed by atoms with Crippen LogP contribution in [0.3, 0.4) is 0 Å². The summed E-state index contributed by atoms with van der Waals surface area (Å²) in [6, 6.07) is 14.6. The van der Waals surface area contributed by atoms with Crippen LogP contribution in [-0.4, -0.2) is 31.7 Å². The summed E-state index contributed by atoms with van der Waals surface area (Å²) in [4.78, 5) is 12.5. The van der Waals surface area contributed by atoms with E-state index in [9.17, 15) is 13.2 Å². The molecular formula is C22H28N2O3S. The third kappa shape index (κ3) is 5.42. The topological polar surface area (TPSA) is 66.5 Å². The lowest BCUT2D eigenvalue weighted by Gasteiger charge is -2.20. The number of carbonyl (C=O) groups excluding carboxylic acids is 1. The van der Waals surface area contributed by atoms with Crippen LogP contribution >= 0.6 is 0 Å². The van der Waals surface area contributed by atoms with Gasteiger partial charge in [-0.3, -0.25) is 4.79 Å². The maximum absolute atomic E-state index is 12.8. The van der Waals surface area contributed by atoms with Crippen LogP contribution in [0.5, 0.6) is 0 Å². The Labute approximate surface area is 167 Å². The first-order valence-corrected chi connectivity index (χ1v) is 11.3. The molecule has 0 saturated carbocycles. The van der Waals surface area contributed by atoms with Crippen LogP contribution in [-0.2, 0) is 21.2 Å². The average Bonchev–Trinajstić information content (AvgIpc) is 2.98. The van der Waals surface area contributed by atoms with Crippen molar-refractivity contribution in [1.29, 1.82) is 0 Å². The molecule has 2 aromatic rings. The van der Waals surface area contributed by atoms with Gasteiger partial charge in [-0.1, -0.05) is 42.7 Å². The molecule has 1 aliphatic heterocycles. The molecule has 1 fully saturated rings. The zero-order valence-corrected chi connectivity index (χ0v) is 17.2. The van der Waals surface area contributed by atoms with Crippen molar-refractivity contribution in [2.75, 3.05) is 18.4 Å². The number of benzene rings is 2. The molecule has 3 rings (SSSR count). The standard InChI is InChI=1S/C22H28N2O3S/c1-18-6-8-19(9-7-18)10-15-22(25)23-20-11-13-21(14-12-20)28(26,27)24-16-4-2-3-5-17-24/h6-9,11-14H,2-5,10,15-17H2,1H3,(H,23,25). The van der Waals surface area contributed by atoms with E-state index in [1.54, 1.807) is 28.6 Å². The summed E-state index contributed by atoms with van der Waals surface area (Å²) in [6.45, 7) is 3.20. The molecule has 0 radical (unpaired) electrons. The Morgan fingerprint density at radius 1 is 0.929 bits per heavy atom. The fraction of sp³-hybridized carbons (Fsp3) is 0.409. The van der Waals surface area contributed by atoms with Crippen molar-refractivity contribution < 1.29 is 13.2 Å². The third-order valence-corrected chi connectivity index (χ3v) is 7.02. The molecule has 6 heteroatoms. The van der Waals surface area contributed by atoms with Crippen LogP contribution in [0.4, 0.5) is 5.69 Å². The normalized spacial score (nSPS) is 15.8. The molecule has 0 bridgehead atoms. The van der Waals surface area contributed by atoms with E-state index in [0.29, 0.717) is 31.6 Å². The summed E-state index contributed by atoms with van der Waals surface area (Å²) in [7, 11) is -3.46. The third-order valence-electron chi connectivity index (χ3n) is 5.10. The minimum atomic E-state index is -3.46. The van der Waals surface area contributed by atoms with Crippen LogP contribution in [0.15, 0.2) is 53.4 Å². The highest BCUT2D eigenvalue weighted by Gasteiger charge is 2.24. The van der Waals surface area contributed by atoms with E-state index < -0.39 is 10.0 Å². The van der Waals surface area contributed by atoms with E-state index in [1.165, 1.54) is 5.56 Å². The first-order valence-electron chi connectivity index (χ1n) is 9.91. The number of sulfonamides is 1. The molecule has 1 amide bonds. The van der Waals surface area contributed by atoms with E-state index in [2.05, 4.69) is 5.32 Å². The van der Waals surface area contributed by atoms with Crippen molar-refractivity contribution >= 4 is 21.6 Å². The SMILES string of the molecule is Cc1ccc(CCC(=O)Nc2ccc(S(=O)(=O)N3CCCCCC3)cc2)cc1. The van der Waals surface area contributed by atoms with E-state index >= 15 is 0 Å². The van der Waals surface area contributed by atoms with Gasteiger partial charge in [0.1, 0.15) is 0 Å².